The number of amides is 1. The van der Waals surface area contributed by atoms with Gasteiger partial charge < -0.3 is 9.46 Å². The van der Waals surface area contributed by atoms with Crippen LogP contribution in [0.4, 0.5) is 0 Å². The molecule has 1 aliphatic carbocycles. The summed E-state index contributed by atoms with van der Waals surface area (Å²) in [6.45, 7) is 5.82. The zero-order chi connectivity index (χ0) is 20.0. The molecule has 3 nitrogen and oxygen atoms in total. The Morgan fingerprint density at radius 1 is 0.857 bits per heavy atom. The number of carbonyl (C=O) groups is 1. The molecule has 3 rings (SSSR count). The van der Waals surface area contributed by atoms with E-state index in [4.69, 9.17) is 0 Å². The molecule has 0 unspecified atom stereocenters. The molecule has 4 heteroatoms. The first-order chi connectivity index (χ1) is 13.6. The van der Waals surface area contributed by atoms with Crippen LogP contribution in [-0.4, -0.2) is 29.1 Å². The normalized spacial score (nSPS) is 15.2. The van der Waals surface area contributed by atoms with Crippen molar-refractivity contribution in [2.45, 2.75) is 57.5 Å². The number of carbonyl (C=O) groups excluding carboxylic acids is 1. The molecule has 28 heavy (non-hydrogen) atoms. The van der Waals surface area contributed by atoms with Crippen LogP contribution in [0, 0.1) is 0 Å². The van der Waals surface area contributed by atoms with E-state index in [1.807, 2.05) is 65.6 Å². The molecule has 0 heterocycles. The fraction of sp³-hybridized carbons (Fsp3) is 0.458. The number of hydrogen-bond acceptors (Lipinski definition) is 2. The Labute approximate surface area is 169 Å². The fourth-order valence-electron chi connectivity index (χ4n) is 4.01. The van der Waals surface area contributed by atoms with Gasteiger partial charge in [-0.1, -0.05) is 87.4 Å². The van der Waals surface area contributed by atoms with Gasteiger partial charge in [0.2, 0.25) is 5.91 Å². The van der Waals surface area contributed by atoms with Crippen LogP contribution < -0.4 is 10.6 Å². The number of hydrogen-bond donors (Lipinski definition) is 0. The van der Waals surface area contributed by atoms with Gasteiger partial charge in [0.15, 0.2) is 7.14 Å². The van der Waals surface area contributed by atoms with Crippen molar-refractivity contribution in [2.75, 3.05) is 13.1 Å². The molecule has 0 spiro atoms. The lowest BCUT2D eigenvalue weighted by molar-refractivity contribution is -0.131. The molecule has 0 aliphatic heterocycles. The largest absolute Gasteiger partial charge is 0.342 e. The van der Waals surface area contributed by atoms with E-state index < -0.39 is 12.3 Å². The molecule has 1 fully saturated rings. The molecule has 1 amide bonds. The third kappa shape index (κ3) is 3.82. The molecule has 2 aromatic carbocycles. The van der Waals surface area contributed by atoms with Crippen molar-refractivity contribution in [2.24, 2.45) is 0 Å². The van der Waals surface area contributed by atoms with Gasteiger partial charge in [-0.3, -0.25) is 4.79 Å². The van der Waals surface area contributed by atoms with Crippen molar-refractivity contribution in [3.05, 3.63) is 60.7 Å². The lowest BCUT2D eigenvalue weighted by Gasteiger charge is -2.33. The summed E-state index contributed by atoms with van der Waals surface area (Å²) in [6.07, 6.45) is 5.51. The third-order valence-corrected chi connectivity index (χ3v) is 9.71. The van der Waals surface area contributed by atoms with E-state index in [9.17, 15) is 9.36 Å². The summed E-state index contributed by atoms with van der Waals surface area (Å²) in [5.74, 6) is 0.102. The summed E-state index contributed by atoms with van der Waals surface area (Å²) >= 11 is 0. The highest BCUT2D eigenvalue weighted by molar-refractivity contribution is 7.81. The lowest BCUT2D eigenvalue weighted by Crippen LogP contribution is -2.45. The van der Waals surface area contributed by atoms with Gasteiger partial charge in [-0.25, -0.2) is 0 Å². The lowest BCUT2D eigenvalue weighted by atomic mass is 10.2. The topological polar surface area (TPSA) is 37.4 Å². The standard InChI is InChI=1S/C24H32NO2P/c1-3-5-19-25(20-6-4-2)23(26)24(17-18-24)28(27,21-13-9-7-10-14-21)22-15-11-8-12-16-22/h7-16H,3-6,17-20H2,1-2H3. The van der Waals surface area contributed by atoms with Gasteiger partial charge in [-0.05, 0) is 25.7 Å². The van der Waals surface area contributed by atoms with Gasteiger partial charge in [0.1, 0.15) is 5.16 Å². The van der Waals surface area contributed by atoms with Crippen molar-refractivity contribution in [1.29, 1.82) is 0 Å². The van der Waals surface area contributed by atoms with E-state index in [-0.39, 0.29) is 5.91 Å². The molecule has 0 radical (unpaired) electrons. The molecule has 0 atom stereocenters. The van der Waals surface area contributed by atoms with E-state index in [1.165, 1.54) is 0 Å². The Hall–Kier alpha value is -1.86. The van der Waals surface area contributed by atoms with Crippen LogP contribution in [0.15, 0.2) is 60.7 Å². The predicted octanol–water partition coefficient (Wildman–Crippen LogP) is 4.96. The summed E-state index contributed by atoms with van der Waals surface area (Å²) in [5, 5.41) is 0.841. The Bertz CT molecular complexity index is 764. The molecule has 0 saturated heterocycles. The van der Waals surface area contributed by atoms with Crippen LogP contribution in [0.2, 0.25) is 0 Å². The number of unbranched alkanes of at least 4 members (excludes halogenated alkanes) is 2. The molecular weight excluding hydrogens is 365 g/mol. The van der Waals surface area contributed by atoms with Crippen molar-refractivity contribution in [3.63, 3.8) is 0 Å². The fourth-order valence-corrected chi connectivity index (χ4v) is 7.63. The maximum absolute atomic E-state index is 14.7. The van der Waals surface area contributed by atoms with Crippen LogP contribution in [0.5, 0.6) is 0 Å². The predicted molar refractivity (Wildman–Crippen MR) is 118 cm³/mol. The Balaban J connectivity index is 2.04. The summed E-state index contributed by atoms with van der Waals surface area (Å²) in [4.78, 5) is 15.8. The highest BCUT2D eigenvalue weighted by Crippen LogP contribution is 2.69. The SMILES string of the molecule is CCCCN(CCCC)C(=O)C1(P(=O)(c2ccccc2)c2ccccc2)CC1. The smallest absolute Gasteiger partial charge is 0.236 e. The summed E-state index contributed by atoms with van der Waals surface area (Å²) in [6, 6.07) is 19.3. The van der Waals surface area contributed by atoms with Gasteiger partial charge >= 0.3 is 0 Å². The molecule has 150 valence electrons. The van der Waals surface area contributed by atoms with Crippen LogP contribution in [0.3, 0.4) is 0 Å². The molecule has 2 aromatic rings. The first-order valence-electron chi connectivity index (χ1n) is 10.6. The Kier molecular flexibility index (Phi) is 6.78. The zero-order valence-corrected chi connectivity index (χ0v) is 18.0. The van der Waals surface area contributed by atoms with Crippen LogP contribution in [0.1, 0.15) is 52.4 Å². The first-order valence-corrected chi connectivity index (χ1v) is 12.3. The van der Waals surface area contributed by atoms with Crippen LogP contribution in [-0.2, 0) is 9.36 Å². The second kappa shape index (κ2) is 9.09. The average Bonchev–Trinajstić information content (AvgIpc) is 3.56. The van der Waals surface area contributed by atoms with Gasteiger partial charge in [-0.15, -0.1) is 0 Å². The molecule has 0 aromatic heterocycles. The highest BCUT2D eigenvalue weighted by Gasteiger charge is 2.64. The monoisotopic (exact) mass is 397 g/mol. The third-order valence-electron chi connectivity index (χ3n) is 5.81. The van der Waals surface area contributed by atoms with E-state index in [0.29, 0.717) is 12.8 Å². The Morgan fingerprint density at radius 3 is 1.64 bits per heavy atom. The Morgan fingerprint density at radius 2 is 1.29 bits per heavy atom. The maximum atomic E-state index is 14.7. The van der Waals surface area contributed by atoms with Crippen molar-refractivity contribution < 1.29 is 9.36 Å². The van der Waals surface area contributed by atoms with Crippen LogP contribution >= 0.6 is 7.14 Å². The average molecular weight is 397 g/mol. The van der Waals surface area contributed by atoms with E-state index >= 15 is 0 Å². The van der Waals surface area contributed by atoms with E-state index in [2.05, 4.69) is 13.8 Å². The molecular formula is C24H32NO2P. The quantitative estimate of drug-likeness (QED) is 0.531. The second-order valence-electron chi connectivity index (χ2n) is 7.81. The van der Waals surface area contributed by atoms with Crippen LogP contribution in [0.25, 0.3) is 0 Å². The molecule has 1 aliphatic rings. The van der Waals surface area contributed by atoms with Gasteiger partial charge in [-0.2, -0.15) is 0 Å². The van der Waals surface area contributed by atoms with Crippen molar-refractivity contribution in [1.82, 2.24) is 4.90 Å². The number of rotatable bonds is 10. The molecule has 1 saturated carbocycles. The zero-order valence-electron chi connectivity index (χ0n) is 17.1. The van der Waals surface area contributed by atoms with Gasteiger partial charge in [0.05, 0.1) is 0 Å². The molecule has 0 bridgehead atoms. The second-order valence-corrected chi connectivity index (χ2v) is 10.9. The van der Waals surface area contributed by atoms with Crippen molar-refractivity contribution in [3.8, 4) is 0 Å². The minimum Gasteiger partial charge on any atom is -0.342 e. The minimum atomic E-state index is -3.08. The van der Waals surface area contributed by atoms with Gasteiger partial charge in [0, 0.05) is 23.7 Å². The number of nitrogens with zero attached hydrogens (tertiary/aromatic N) is 1. The van der Waals surface area contributed by atoms with E-state index in [0.717, 1.165) is 49.4 Å². The number of benzene rings is 2. The first kappa shape index (κ1) is 20.9. The maximum Gasteiger partial charge on any atom is 0.236 e. The van der Waals surface area contributed by atoms with Gasteiger partial charge in [0.25, 0.3) is 0 Å². The summed E-state index contributed by atoms with van der Waals surface area (Å²) in [7, 11) is -3.08. The summed E-state index contributed by atoms with van der Waals surface area (Å²) in [5.41, 5.74) is 0. The summed E-state index contributed by atoms with van der Waals surface area (Å²) < 4.78 is 14.7. The van der Waals surface area contributed by atoms with E-state index in [1.54, 1.807) is 0 Å². The van der Waals surface area contributed by atoms with Crippen molar-refractivity contribution >= 4 is 23.7 Å². The minimum absolute atomic E-state index is 0.102. The highest BCUT2D eigenvalue weighted by atomic mass is 31.2. The molecule has 0 N–H and O–H groups in total.